The lowest BCUT2D eigenvalue weighted by Crippen LogP contribution is -2.21. The average molecular weight is 253 g/mol. The molecule has 1 unspecified atom stereocenters. The third-order valence-corrected chi connectivity index (χ3v) is 4.56. The highest BCUT2D eigenvalue weighted by molar-refractivity contribution is 7.91. The highest BCUT2D eigenvalue weighted by Crippen LogP contribution is 2.20. The van der Waals surface area contributed by atoms with E-state index in [1.807, 2.05) is 0 Å². The van der Waals surface area contributed by atoms with Gasteiger partial charge < -0.3 is 10.3 Å². The van der Waals surface area contributed by atoms with E-state index < -0.39 is 9.84 Å². The average Bonchev–Trinajstić information content (AvgIpc) is 2.85. The Morgan fingerprint density at radius 3 is 3.00 bits per heavy atom. The van der Waals surface area contributed by atoms with Gasteiger partial charge in [-0.3, -0.25) is 0 Å². The molecule has 90 valence electrons. The van der Waals surface area contributed by atoms with Gasteiger partial charge in [-0.2, -0.15) is 0 Å². The van der Waals surface area contributed by atoms with Gasteiger partial charge in [0, 0.05) is 6.04 Å². The van der Waals surface area contributed by atoms with Crippen LogP contribution in [0.25, 0.3) is 11.2 Å². The summed E-state index contributed by atoms with van der Waals surface area (Å²) >= 11 is 0. The van der Waals surface area contributed by atoms with E-state index >= 15 is 0 Å². The van der Waals surface area contributed by atoms with E-state index in [2.05, 4.69) is 25.3 Å². The van der Waals surface area contributed by atoms with E-state index in [0.29, 0.717) is 23.4 Å². The second-order valence-electron chi connectivity index (χ2n) is 4.07. The van der Waals surface area contributed by atoms with Crippen LogP contribution in [-0.4, -0.2) is 45.9 Å². The van der Waals surface area contributed by atoms with Gasteiger partial charge in [0.25, 0.3) is 0 Å². The van der Waals surface area contributed by atoms with E-state index in [-0.39, 0.29) is 17.5 Å². The van der Waals surface area contributed by atoms with Gasteiger partial charge in [-0.1, -0.05) is 0 Å². The van der Waals surface area contributed by atoms with Crippen LogP contribution < -0.4 is 5.32 Å². The molecule has 3 heterocycles. The third-order valence-electron chi connectivity index (χ3n) is 2.80. The van der Waals surface area contributed by atoms with Crippen LogP contribution in [0, 0.1) is 0 Å². The maximum Gasteiger partial charge on any atom is 0.182 e. The van der Waals surface area contributed by atoms with Crippen LogP contribution >= 0.6 is 0 Å². The fourth-order valence-electron chi connectivity index (χ4n) is 1.98. The first-order valence-electron chi connectivity index (χ1n) is 5.25. The molecule has 0 aromatic carbocycles. The van der Waals surface area contributed by atoms with Gasteiger partial charge in [-0.15, -0.1) is 0 Å². The van der Waals surface area contributed by atoms with Crippen LogP contribution in [0.4, 0.5) is 5.82 Å². The van der Waals surface area contributed by atoms with Crippen molar-refractivity contribution in [3.63, 3.8) is 0 Å². The quantitative estimate of drug-likeness (QED) is 0.778. The van der Waals surface area contributed by atoms with E-state index in [1.165, 1.54) is 12.7 Å². The monoisotopic (exact) mass is 253 g/mol. The zero-order valence-corrected chi connectivity index (χ0v) is 9.74. The fraction of sp³-hybridized carbons (Fsp3) is 0.444. The van der Waals surface area contributed by atoms with Gasteiger partial charge in [0.05, 0.1) is 17.8 Å². The summed E-state index contributed by atoms with van der Waals surface area (Å²) in [6.07, 6.45) is 3.56. The zero-order chi connectivity index (χ0) is 11.9. The van der Waals surface area contributed by atoms with E-state index in [0.717, 1.165) is 0 Å². The topological polar surface area (TPSA) is 101 Å². The van der Waals surface area contributed by atoms with Crippen molar-refractivity contribution in [1.29, 1.82) is 0 Å². The van der Waals surface area contributed by atoms with Crippen LogP contribution in [0.2, 0.25) is 0 Å². The number of imidazole rings is 1. The number of nitrogens with one attached hydrogen (secondary N) is 2. The Labute approximate surface area is 97.6 Å². The molecule has 1 fully saturated rings. The van der Waals surface area contributed by atoms with E-state index in [4.69, 9.17) is 0 Å². The molecule has 0 spiro atoms. The van der Waals surface area contributed by atoms with Crippen LogP contribution in [0.3, 0.4) is 0 Å². The van der Waals surface area contributed by atoms with Crippen molar-refractivity contribution < 1.29 is 8.42 Å². The molecule has 1 saturated heterocycles. The second kappa shape index (κ2) is 3.66. The molecular formula is C9H11N5O2S. The predicted molar refractivity (Wildman–Crippen MR) is 62.4 cm³/mol. The second-order valence-corrected chi connectivity index (χ2v) is 6.30. The fourth-order valence-corrected chi connectivity index (χ4v) is 3.65. The SMILES string of the molecule is O=S1(=O)CCC(Nc2ncnc3nc[nH]c23)C1. The molecule has 0 aliphatic carbocycles. The molecule has 8 heteroatoms. The van der Waals surface area contributed by atoms with Crippen LogP contribution in [-0.2, 0) is 9.84 Å². The summed E-state index contributed by atoms with van der Waals surface area (Å²) in [6.45, 7) is 0. The van der Waals surface area contributed by atoms with E-state index in [1.54, 1.807) is 0 Å². The predicted octanol–water partition coefficient (Wildman–Crippen LogP) is -0.0481. The summed E-state index contributed by atoms with van der Waals surface area (Å²) in [5, 5.41) is 3.12. The molecule has 1 aliphatic rings. The Morgan fingerprint density at radius 1 is 1.35 bits per heavy atom. The maximum absolute atomic E-state index is 11.4. The van der Waals surface area contributed by atoms with Gasteiger partial charge in [-0.05, 0) is 6.42 Å². The summed E-state index contributed by atoms with van der Waals surface area (Å²) in [6, 6.07) is -0.0820. The molecule has 1 aliphatic heterocycles. The Balaban J connectivity index is 1.88. The molecule has 2 aromatic heterocycles. The minimum Gasteiger partial charge on any atom is -0.364 e. The number of aromatic amines is 1. The first-order valence-corrected chi connectivity index (χ1v) is 7.07. The number of H-pyrrole nitrogens is 1. The van der Waals surface area contributed by atoms with Crippen molar-refractivity contribution in [2.45, 2.75) is 12.5 Å². The van der Waals surface area contributed by atoms with Crippen LogP contribution in [0.1, 0.15) is 6.42 Å². The van der Waals surface area contributed by atoms with Crippen molar-refractivity contribution in [3.8, 4) is 0 Å². The highest BCUT2D eigenvalue weighted by Gasteiger charge is 2.28. The van der Waals surface area contributed by atoms with Crippen molar-refractivity contribution >= 4 is 26.8 Å². The molecule has 17 heavy (non-hydrogen) atoms. The number of rotatable bonds is 2. The summed E-state index contributed by atoms with van der Waals surface area (Å²) in [5.41, 5.74) is 1.28. The number of anilines is 1. The molecule has 1 atom stereocenters. The Hall–Kier alpha value is -1.70. The highest BCUT2D eigenvalue weighted by atomic mass is 32.2. The lowest BCUT2D eigenvalue weighted by atomic mass is 10.2. The van der Waals surface area contributed by atoms with Gasteiger partial charge in [-0.25, -0.2) is 23.4 Å². The number of hydrogen-bond donors (Lipinski definition) is 2. The Bertz CT molecular complexity index is 650. The Morgan fingerprint density at radius 2 is 2.24 bits per heavy atom. The first-order chi connectivity index (χ1) is 8.14. The molecule has 2 N–H and O–H groups in total. The lowest BCUT2D eigenvalue weighted by molar-refractivity contribution is 0.602. The molecule has 0 bridgehead atoms. The number of aromatic nitrogens is 4. The summed E-state index contributed by atoms with van der Waals surface area (Å²) < 4.78 is 22.7. The number of nitrogens with zero attached hydrogens (tertiary/aromatic N) is 3. The number of sulfone groups is 1. The summed E-state index contributed by atoms with van der Waals surface area (Å²) in [4.78, 5) is 15.0. The van der Waals surface area contributed by atoms with E-state index in [9.17, 15) is 8.42 Å². The van der Waals surface area contributed by atoms with Gasteiger partial charge in [0.1, 0.15) is 11.8 Å². The molecule has 0 saturated carbocycles. The lowest BCUT2D eigenvalue weighted by Gasteiger charge is -2.11. The first kappa shape index (κ1) is 10.5. The van der Waals surface area contributed by atoms with Crippen molar-refractivity contribution in [3.05, 3.63) is 12.7 Å². The molecule has 0 radical (unpaired) electrons. The zero-order valence-electron chi connectivity index (χ0n) is 8.92. The molecular weight excluding hydrogens is 242 g/mol. The molecule has 3 rings (SSSR count). The van der Waals surface area contributed by atoms with Crippen molar-refractivity contribution in [2.24, 2.45) is 0 Å². The normalized spacial score (nSPS) is 22.9. The number of hydrogen-bond acceptors (Lipinski definition) is 6. The van der Waals surface area contributed by atoms with Gasteiger partial charge >= 0.3 is 0 Å². The molecule has 7 nitrogen and oxygen atoms in total. The largest absolute Gasteiger partial charge is 0.364 e. The summed E-state index contributed by atoms with van der Waals surface area (Å²) in [7, 11) is -2.89. The van der Waals surface area contributed by atoms with Crippen LogP contribution in [0.5, 0.6) is 0 Å². The van der Waals surface area contributed by atoms with Gasteiger partial charge in [0.2, 0.25) is 0 Å². The standard InChI is InChI=1S/C9H11N5O2S/c15-17(16)2-1-6(3-17)14-9-7-8(11-4-10-7)12-5-13-9/h4-6H,1-3H2,(H2,10,11,12,13,14). The summed E-state index contributed by atoms with van der Waals surface area (Å²) in [5.74, 6) is 1.00. The number of fused-ring (bicyclic) bond motifs is 1. The smallest absolute Gasteiger partial charge is 0.182 e. The minimum atomic E-state index is -2.89. The van der Waals surface area contributed by atoms with Crippen molar-refractivity contribution in [2.75, 3.05) is 16.8 Å². The Kier molecular flexibility index (Phi) is 2.25. The van der Waals surface area contributed by atoms with Crippen molar-refractivity contribution in [1.82, 2.24) is 19.9 Å². The molecule has 0 amide bonds. The van der Waals surface area contributed by atoms with Crippen LogP contribution in [0.15, 0.2) is 12.7 Å². The molecule has 2 aromatic rings. The minimum absolute atomic E-state index is 0.0820. The maximum atomic E-state index is 11.4. The van der Waals surface area contributed by atoms with Gasteiger partial charge in [0.15, 0.2) is 21.3 Å². The third kappa shape index (κ3) is 1.95.